The van der Waals surface area contributed by atoms with Gasteiger partial charge in [-0.2, -0.15) is 0 Å². The molecule has 0 unspecified atom stereocenters. The van der Waals surface area contributed by atoms with Crippen molar-refractivity contribution >= 4 is 34.9 Å². The standard InChI is InChI=1S/C18H25Cl2N3O/c19-14-7-8-16(20)17(13-14)21-18(24)23-11-9-22(10-12-23)15-5-3-1-2-4-6-15/h7-8,13,15H,1-6,9-12H2,(H,21,24). The van der Waals surface area contributed by atoms with Gasteiger partial charge in [-0.25, -0.2) is 4.79 Å². The van der Waals surface area contributed by atoms with Crippen molar-refractivity contribution in [2.75, 3.05) is 31.5 Å². The number of rotatable bonds is 2. The molecule has 2 aliphatic rings. The van der Waals surface area contributed by atoms with Crippen LogP contribution in [0.4, 0.5) is 10.5 Å². The van der Waals surface area contributed by atoms with E-state index in [1.807, 2.05) is 4.90 Å². The molecule has 1 aliphatic carbocycles. The van der Waals surface area contributed by atoms with Gasteiger partial charge < -0.3 is 10.2 Å². The number of carbonyl (C=O) groups is 1. The number of piperazine rings is 1. The van der Waals surface area contributed by atoms with Crippen molar-refractivity contribution in [3.8, 4) is 0 Å². The van der Waals surface area contributed by atoms with Crippen LogP contribution in [0.3, 0.4) is 0 Å². The smallest absolute Gasteiger partial charge is 0.321 e. The lowest BCUT2D eigenvalue weighted by Gasteiger charge is -2.39. The lowest BCUT2D eigenvalue weighted by molar-refractivity contribution is 0.105. The number of carbonyl (C=O) groups excluding carboxylic acids is 1. The highest BCUT2D eigenvalue weighted by Gasteiger charge is 2.26. The van der Waals surface area contributed by atoms with Crippen molar-refractivity contribution in [2.24, 2.45) is 0 Å². The Bertz CT molecular complexity index is 565. The van der Waals surface area contributed by atoms with Gasteiger partial charge in [0, 0.05) is 37.2 Å². The molecule has 0 atom stereocenters. The molecule has 0 spiro atoms. The Labute approximate surface area is 154 Å². The molecule has 1 aromatic carbocycles. The van der Waals surface area contributed by atoms with Gasteiger partial charge in [-0.3, -0.25) is 4.90 Å². The summed E-state index contributed by atoms with van der Waals surface area (Å²) in [6, 6.07) is 5.71. The van der Waals surface area contributed by atoms with Crippen LogP contribution in [0, 0.1) is 0 Å². The molecular weight excluding hydrogens is 345 g/mol. The van der Waals surface area contributed by atoms with Gasteiger partial charge in [-0.15, -0.1) is 0 Å². The van der Waals surface area contributed by atoms with Gasteiger partial charge in [0.1, 0.15) is 0 Å². The molecule has 1 aromatic rings. The third kappa shape index (κ3) is 4.56. The maximum Gasteiger partial charge on any atom is 0.321 e. The van der Waals surface area contributed by atoms with Crippen molar-refractivity contribution in [3.63, 3.8) is 0 Å². The topological polar surface area (TPSA) is 35.6 Å². The summed E-state index contributed by atoms with van der Waals surface area (Å²) in [6.45, 7) is 3.45. The minimum absolute atomic E-state index is 0.0975. The molecule has 2 amide bonds. The molecule has 2 fully saturated rings. The highest BCUT2D eigenvalue weighted by Crippen LogP contribution is 2.26. The predicted molar refractivity (Wildman–Crippen MR) is 100 cm³/mol. The molecule has 1 saturated heterocycles. The molecule has 0 bridgehead atoms. The van der Waals surface area contributed by atoms with Gasteiger partial charge in [-0.1, -0.05) is 48.9 Å². The summed E-state index contributed by atoms with van der Waals surface area (Å²) in [5.41, 5.74) is 0.570. The van der Waals surface area contributed by atoms with Crippen molar-refractivity contribution < 1.29 is 4.79 Å². The van der Waals surface area contributed by atoms with Crippen LogP contribution in [0.5, 0.6) is 0 Å². The summed E-state index contributed by atoms with van der Waals surface area (Å²) in [5.74, 6) is 0. The predicted octanol–water partition coefficient (Wildman–Crippen LogP) is 4.87. The molecule has 4 nitrogen and oxygen atoms in total. The first-order valence-electron chi connectivity index (χ1n) is 8.88. The third-order valence-corrected chi connectivity index (χ3v) is 5.68. The molecule has 1 heterocycles. The molecule has 1 aliphatic heterocycles. The Morgan fingerprint density at radius 2 is 1.67 bits per heavy atom. The van der Waals surface area contributed by atoms with Gasteiger partial charge >= 0.3 is 6.03 Å². The van der Waals surface area contributed by atoms with Gasteiger partial charge in [0.2, 0.25) is 0 Å². The second kappa shape index (κ2) is 8.41. The van der Waals surface area contributed by atoms with E-state index in [0.29, 0.717) is 21.8 Å². The van der Waals surface area contributed by atoms with Gasteiger partial charge in [0.15, 0.2) is 0 Å². The fourth-order valence-corrected chi connectivity index (χ4v) is 4.04. The number of benzene rings is 1. The minimum atomic E-state index is -0.0975. The van der Waals surface area contributed by atoms with Crippen molar-refractivity contribution in [1.82, 2.24) is 9.80 Å². The lowest BCUT2D eigenvalue weighted by Crippen LogP contribution is -2.52. The number of urea groups is 1. The fraction of sp³-hybridized carbons (Fsp3) is 0.611. The second-order valence-electron chi connectivity index (χ2n) is 6.72. The molecule has 132 valence electrons. The molecule has 0 aromatic heterocycles. The number of hydrogen-bond acceptors (Lipinski definition) is 2. The van der Waals surface area contributed by atoms with Crippen LogP contribution in [0.15, 0.2) is 18.2 Å². The minimum Gasteiger partial charge on any atom is -0.322 e. The normalized spacial score (nSPS) is 20.7. The van der Waals surface area contributed by atoms with Gasteiger partial charge in [-0.05, 0) is 31.0 Å². The van der Waals surface area contributed by atoms with E-state index in [1.54, 1.807) is 18.2 Å². The molecule has 1 N–H and O–H groups in total. The van der Waals surface area contributed by atoms with Gasteiger partial charge in [0.05, 0.1) is 10.7 Å². The third-order valence-electron chi connectivity index (χ3n) is 5.11. The second-order valence-corrected chi connectivity index (χ2v) is 7.57. The summed E-state index contributed by atoms with van der Waals surface area (Å²) in [5, 5.41) is 3.94. The van der Waals surface area contributed by atoms with Crippen molar-refractivity contribution in [1.29, 1.82) is 0 Å². The van der Waals surface area contributed by atoms with E-state index in [1.165, 1.54) is 38.5 Å². The number of halogens is 2. The molecule has 1 saturated carbocycles. The van der Waals surface area contributed by atoms with Crippen LogP contribution < -0.4 is 5.32 Å². The van der Waals surface area contributed by atoms with Crippen molar-refractivity contribution in [2.45, 2.75) is 44.6 Å². The van der Waals surface area contributed by atoms with Crippen LogP contribution >= 0.6 is 23.2 Å². The highest BCUT2D eigenvalue weighted by molar-refractivity contribution is 6.35. The Morgan fingerprint density at radius 1 is 1.00 bits per heavy atom. The van der Waals surface area contributed by atoms with E-state index < -0.39 is 0 Å². The zero-order valence-electron chi connectivity index (χ0n) is 13.9. The summed E-state index contributed by atoms with van der Waals surface area (Å²) < 4.78 is 0. The first-order valence-corrected chi connectivity index (χ1v) is 9.64. The molecular formula is C18H25Cl2N3O. The van der Waals surface area contributed by atoms with Crippen LogP contribution in [-0.4, -0.2) is 48.1 Å². The zero-order chi connectivity index (χ0) is 16.9. The Kier molecular flexibility index (Phi) is 6.25. The summed E-state index contributed by atoms with van der Waals surface area (Å²) in [4.78, 5) is 16.9. The first kappa shape index (κ1) is 17.8. The van der Waals surface area contributed by atoms with Crippen LogP contribution in [0.1, 0.15) is 38.5 Å². The Morgan fingerprint density at radius 3 is 2.33 bits per heavy atom. The SMILES string of the molecule is O=C(Nc1cc(Cl)ccc1Cl)N1CCN(C2CCCCCC2)CC1. The first-order chi connectivity index (χ1) is 11.6. The average molecular weight is 370 g/mol. The summed E-state index contributed by atoms with van der Waals surface area (Å²) >= 11 is 12.1. The number of amides is 2. The van der Waals surface area contributed by atoms with E-state index in [4.69, 9.17) is 23.2 Å². The fourth-order valence-electron chi connectivity index (χ4n) is 3.70. The van der Waals surface area contributed by atoms with E-state index >= 15 is 0 Å². The van der Waals surface area contributed by atoms with Crippen molar-refractivity contribution in [3.05, 3.63) is 28.2 Å². The zero-order valence-corrected chi connectivity index (χ0v) is 15.5. The van der Waals surface area contributed by atoms with E-state index in [9.17, 15) is 4.79 Å². The van der Waals surface area contributed by atoms with E-state index in [-0.39, 0.29) is 6.03 Å². The molecule has 24 heavy (non-hydrogen) atoms. The van der Waals surface area contributed by atoms with Crippen LogP contribution in [0.25, 0.3) is 0 Å². The Balaban J connectivity index is 1.52. The average Bonchev–Trinajstić information content (AvgIpc) is 2.87. The monoisotopic (exact) mass is 369 g/mol. The van der Waals surface area contributed by atoms with Crippen LogP contribution in [-0.2, 0) is 0 Å². The van der Waals surface area contributed by atoms with Gasteiger partial charge in [0.25, 0.3) is 0 Å². The maximum absolute atomic E-state index is 12.5. The Hall–Kier alpha value is -0.970. The molecule has 3 rings (SSSR count). The summed E-state index contributed by atoms with van der Waals surface area (Å²) in [6.07, 6.45) is 8.06. The maximum atomic E-state index is 12.5. The largest absolute Gasteiger partial charge is 0.322 e. The number of hydrogen-bond donors (Lipinski definition) is 1. The quantitative estimate of drug-likeness (QED) is 0.755. The van der Waals surface area contributed by atoms with Crippen LogP contribution in [0.2, 0.25) is 10.0 Å². The van der Waals surface area contributed by atoms with E-state index in [2.05, 4.69) is 10.2 Å². The molecule has 0 radical (unpaired) electrons. The number of nitrogens with zero attached hydrogens (tertiary/aromatic N) is 2. The molecule has 6 heteroatoms. The summed E-state index contributed by atoms with van der Waals surface area (Å²) in [7, 11) is 0. The highest BCUT2D eigenvalue weighted by atomic mass is 35.5. The number of anilines is 1. The number of nitrogens with one attached hydrogen (secondary N) is 1. The lowest BCUT2D eigenvalue weighted by atomic mass is 10.1. The van der Waals surface area contributed by atoms with E-state index in [0.717, 1.165) is 26.2 Å².